The van der Waals surface area contributed by atoms with Gasteiger partial charge in [-0.3, -0.25) is 14.6 Å². The lowest BCUT2D eigenvalue weighted by Gasteiger charge is -2.31. The lowest BCUT2D eigenvalue weighted by Crippen LogP contribution is -2.41. The van der Waals surface area contributed by atoms with E-state index < -0.39 is 0 Å². The van der Waals surface area contributed by atoms with Gasteiger partial charge in [-0.2, -0.15) is 0 Å². The van der Waals surface area contributed by atoms with Gasteiger partial charge < -0.3 is 21.0 Å². The van der Waals surface area contributed by atoms with Gasteiger partial charge in [0.05, 0.1) is 11.0 Å². The minimum Gasteiger partial charge on any atom is -0.339 e. The summed E-state index contributed by atoms with van der Waals surface area (Å²) in [6.45, 7) is 1.09. The Balaban J connectivity index is 1.25. The fraction of sp³-hybridized carbons (Fsp3) is 0.269. The van der Waals surface area contributed by atoms with E-state index in [4.69, 9.17) is 4.98 Å². The van der Waals surface area contributed by atoms with E-state index in [1.54, 1.807) is 13.2 Å². The van der Waals surface area contributed by atoms with Gasteiger partial charge in [0.15, 0.2) is 16.4 Å². The Morgan fingerprint density at radius 2 is 1.84 bits per heavy atom. The molecule has 1 aliphatic heterocycles. The smallest absolute Gasteiger partial charge is 0.253 e. The Kier molecular flexibility index (Phi) is 7.13. The fourth-order valence-electron chi connectivity index (χ4n) is 4.51. The summed E-state index contributed by atoms with van der Waals surface area (Å²) in [5.74, 6) is 0.421. The number of benzene rings is 2. The summed E-state index contributed by atoms with van der Waals surface area (Å²) in [7, 11) is 3.56. The van der Waals surface area contributed by atoms with Crippen molar-refractivity contribution >= 4 is 50.8 Å². The Bertz CT molecular complexity index is 1470. The van der Waals surface area contributed by atoms with E-state index in [1.807, 2.05) is 70.5 Å². The third-order valence-corrected chi connectivity index (χ3v) is 7.11. The maximum absolute atomic E-state index is 13.1. The highest BCUT2D eigenvalue weighted by Crippen LogP contribution is 2.23. The van der Waals surface area contributed by atoms with Gasteiger partial charge in [0.2, 0.25) is 5.91 Å². The Morgan fingerprint density at radius 1 is 1.08 bits per heavy atom. The van der Waals surface area contributed by atoms with Crippen LogP contribution in [-0.4, -0.2) is 58.5 Å². The Morgan fingerprint density at radius 3 is 2.51 bits per heavy atom. The van der Waals surface area contributed by atoms with Crippen molar-refractivity contribution in [1.29, 1.82) is 0 Å². The number of piperidine rings is 1. The van der Waals surface area contributed by atoms with Crippen molar-refractivity contribution in [1.82, 2.24) is 19.5 Å². The molecule has 4 aromatic rings. The molecule has 190 valence electrons. The molecule has 1 fully saturated rings. The third kappa shape index (κ3) is 5.17. The average Bonchev–Trinajstić information content (AvgIpc) is 3.45. The molecule has 0 bridgehead atoms. The fourth-order valence-corrected chi connectivity index (χ4v) is 5.04. The summed E-state index contributed by atoms with van der Waals surface area (Å²) in [4.78, 5) is 40.7. The first-order valence-electron chi connectivity index (χ1n) is 12.1. The van der Waals surface area contributed by atoms with Crippen molar-refractivity contribution in [3.8, 4) is 0 Å². The number of likely N-dealkylation sites (tertiary alicyclic amines) is 1. The largest absolute Gasteiger partial charge is 0.339 e. The maximum Gasteiger partial charge on any atom is 0.253 e. The molecule has 2 aromatic carbocycles. The lowest BCUT2D eigenvalue weighted by molar-refractivity contribution is -0.121. The first-order chi connectivity index (χ1) is 18.1. The van der Waals surface area contributed by atoms with Crippen molar-refractivity contribution in [2.45, 2.75) is 12.8 Å². The van der Waals surface area contributed by atoms with Gasteiger partial charge in [-0.15, -0.1) is 11.3 Å². The van der Waals surface area contributed by atoms with Gasteiger partial charge in [0.25, 0.3) is 5.91 Å². The molecule has 37 heavy (non-hydrogen) atoms. The van der Waals surface area contributed by atoms with Gasteiger partial charge in [-0.25, -0.2) is 14.6 Å². The minimum absolute atomic E-state index is 0.0300. The van der Waals surface area contributed by atoms with Crippen molar-refractivity contribution < 1.29 is 9.59 Å². The van der Waals surface area contributed by atoms with Crippen molar-refractivity contribution in [3.05, 3.63) is 71.2 Å². The Labute approximate surface area is 218 Å². The number of hydrogen-bond donors (Lipinski definition) is 3. The number of anilines is 3. The van der Waals surface area contributed by atoms with E-state index in [-0.39, 0.29) is 17.7 Å². The standard InChI is InChI=1S/C26H28N8O2S/c1-27-23-22(31-20-5-3-4-6-21(20)34(23)28-2)30-19-9-7-18(8-10-19)25(36)33-14-11-17(12-15-33)24(35)32-26-29-13-16-37-26/h3-10,13,16-17,28H,11-12,14-15H2,1-2H3,(H,30,31)(H,29,32,35). The number of nitrogens with zero attached hydrogens (tertiary/aromatic N) is 5. The van der Waals surface area contributed by atoms with E-state index in [1.165, 1.54) is 11.3 Å². The van der Waals surface area contributed by atoms with Crippen LogP contribution in [0.5, 0.6) is 0 Å². The number of para-hydroxylation sites is 2. The molecule has 1 saturated heterocycles. The van der Waals surface area contributed by atoms with E-state index in [0.717, 1.165) is 16.7 Å². The van der Waals surface area contributed by atoms with Crippen LogP contribution in [0, 0.1) is 5.92 Å². The minimum atomic E-state index is -0.118. The molecule has 11 heteroatoms. The molecule has 0 atom stereocenters. The van der Waals surface area contributed by atoms with Gasteiger partial charge in [0, 0.05) is 55.9 Å². The number of rotatable bonds is 6. The summed E-state index contributed by atoms with van der Waals surface area (Å²) in [6.07, 6.45) is 2.92. The van der Waals surface area contributed by atoms with Crippen LogP contribution < -0.4 is 21.5 Å². The summed E-state index contributed by atoms with van der Waals surface area (Å²) in [5, 5.41) is 8.63. The monoisotopic (exact) mass is 516 g/mol. The Hall–Kier alpha value is -4.25. The number of amides is 2. The van der Waals surface area contributed by atoms with E-state index in [9.17, 15) is 9.59 Å². The molecular weight excluding hydrogens is 488 g/mol. The lowest BCUT2D eigenvalue weighted by atomic mass is 9.95. The van der Waals surface area contributed by atoms with Crippen LogP contribution in [0.3, 0.4) is 0 Å². The van der Waals surface area contributed by atoms with Crippen LogP contribution in [-0.2, 0) is 4.79 Å². The SMILES string of the molecule is CN=c1c(Nc2ccc(C(=O)N3CCC(C(=O)Nc4nccs4)CC3)cc2)nc2ccccc2n1NC. The molecule has 10 nitrogen and oxygen atoms in total. The van der Waals surface area contributed by atoms with Gasteiger partial charge in [-0.1, -0.05) is 12.1 Å². The predicted molar refractivity (Wildman–Crippen MR) is 146 cm³/mol. The molecule has 1 aliphatic rings. The van der Waals surface area contributed by atoms with E-state index in [2.05, 4.69) is 26.0 Å². The predicted octanol–water partition coefficient (Wildman–Crippen LogP) is 3.43. The van der Waals surface area contributed by atoms with E-state index in [0.29, 0.717) is 47.9 Å². The molecule has 2 amide bonds. The first-order valence-corrected chi connectivity index (χ1v) is 12.9. The zero-order valence-electron chi connectivity index (χ0n) is 20.6. The summed E-state index contributed by atoms with van der Waals surface area (Å²) in [5.41, 5.74) is 6.96. The summed E-state index contributed by atoms with van der Waals surface area (Å²) < 4.78 is 1.88. The summed E-state index contributed by atoms with van der Waals surface area (Å²) >= 11 is 1.40. The topological polar surface area (TPSA) is 117 Å². The quantitative estimate of drug-likeness (QED) is 0.362. The van der Waals surface area contributed by atoms with Gasteiger partial charge in [0.1, 0.15) is 0 Å². The van der Waals surface area contributed by atoms with Crippen LogP contribution in [0.25, 0.3) is 11.0 Å². The number of thiazole rings is 1. The van der Waals surface area contributed by atoms with Crippen LogP contribution in [0.2, 0.25) is 0 Å². The second kappa shape index (κ2) is 10.8. The number of fused-ring (bicyclic) bond motifs is 1. The molecule has 2 aromatic heterocycles. The van der Waals surface area contributed by atoms with E-state index >= 15 is 0 Å². The van der Waals surface area contributed by atoms with Gasteiger partial charge in [-0.05, 0) is 49.2 Å². The van der Waals surface area contributed by atoms with Crippen molar-refractivity contribution in [2.24, 2.45) is 10.9 Å². The highest BCUT2D eigenvalue weighted by Gasteiger charge is 2.28. The average molecular weight is 517 g/mol. The van der Waals surface area contributed by atoms with Crippen molar-refractivity contribution in [3.63, 3.8) is 0 Å². The second-order valence-corrected chi connectivity index (χ2v) is 9.55. The third-order valence-electron chi connectivity index (χ3n) is 6.42. The second-order valence-electron chi connectivity index (χ2n) is 8.65. The van der Waals surface area contributed by atoms with Crippen LogP contribution in [0.1, 0.15) is 23.2 Å². The first kappa shape index (κ1) is 24.4. The summed E-state index contributed by atoms with van der Waals surface area (Å²) in [6, 6.07) is 15.2. The highest BCUT2D eigenvalue weighted by atomic mass is 32.1. The molecule has 3 N–H and O–H groups in total. The van der Waals surface area contributed by atoms with Crippen molar-refractivity contribution in [2.75, 3.05) is 43.2 Å². The molecule has 0 saturated carbocycles. The number of nitrogens with one attached hydrogen (secondary N) is 3. The molecule has 5 rings (SSSR count). The maximum atomic E-state index is 13.1. The number of hydrogen-bond acceptors (Lipinski definition) is 8. The molecule has 3 heterocycles. The zero-order chi connectivity index (χ0) is 25.8. The number of carbonyl (C=O) groups is 2. The zero-order valence-corrected chi connectivity index (χ0v) is 21.5. The molecular formula is C26H28N8O2S. The highest BCUT2D eigenvalue weighted by molar-refractivity contribution is 7.13. The number of carbonyl (C=O) groups excluding carboxylic acids is 2. The normalized spacial score (nSPS) is 14.5. The molecule has 0 radical (unpaired) electrons. The number of aromatic nitrogens is 3. The van der Waals surface area contributed by atoms with Gasteiger partial charge >= 0.3 is 0 Å². The van der Waals surface area contributed by atoms with Crippen LogP contribution in [0.4, 0.5) is 16.6 Å². The molecule has 0 spiro atoms. The van der Waals surface area contributed by atoms with Crippen LogP contribution >= 0.6 is 11.3 Å². The molecule has 0 aliphatic carbocycles. The van der Waals surface area contributed by atoms with Crippen LogP contribution in [0.15, 0.2) is 65.1 Å². The molecule has 0 unspecified atom stereocenters.